The molecule has 0 aliphatic rings. The SMILES string of the molecule is CCCC(Nc1cc(Cl)ccc1C#N)c1cccs1. The van der Waals surface area contributed by atoms with Gasteiger partial charge in [0.25, 0.3) is 0 Å². The minimum atomic E-state index is 0.232. The van der Waals surface area contributed by atoms with E-state index in [1.807, 2.05) is 12.1 Å². The molecule has 1 unspecified atom stereocenters. The molecule has 1 aromatic carbocycles. The van der Waals surface area contributed by atoms with Gasteiger partial charge in [-0.25, -0.2) is 0 Å². The maximum Gasteiger partial charge on any atom is 0.101 e. The molecule has 0 aliphatic carbocycles. The second-order valence-electron chi connectivity index (χ2n) is 4.30. The first kappa shape index (κ1) is 13.9. The second kappa shape index (κ2) is 6.60. The Hall–Kier alpha value is -1.50. The van der Waals surface area contributed by atoms with Crippen molar-refractivity contribution in [1.29, 1.82) is 5.26 Å². The summed E-state index contributed by atoms with van der Waals surface area (Å²) in [6.45, 7) is 2.16. The lowest BCUT2D eigenvalue weighted by molar-refractivity contribution is 0.687. The monoisotopic (exact) mass is 290 g/mol. The highest BCUT2D eigenvalue weighted by molar-refractivity contribution is 7.10. The molecule has 1 N–H and O–H groups in total. The van der Waals surface area contributed by atoms with Crippen molar-refractivity contribution in [2.45, 2.75) is 25.8 Å². The van der Waals surface area contributed by atoms with Crippen molar-refractivity contribution in [3.05, 3.63) is 51.2 Å². The highest BCUT2D eigenvalue weighted by atomic mass is 35.5. The Morgan fingerprint density at radius 2 is 2.26 bits per heavy atom. The topological polar surface area (TPSA) is 35.8 Å². The zero-order chi connectivity index (χ0) is 13.7. The van der Waals surface area contributed by atoms with Crippen molar-refractivity contribution in [1.82, 2.24) is 0 Å². The van der Waals surface area contributed by atoms with E-state index in [0.717, 1.165) is 18.5 Å². The van der Waals surface area contributed by atoms with E-state index in [4.69, 9.17) is 16.9 Å². The molecule has 0 bridgehead atoms. The molecule has 2 nitrogen and oxygen atoms in total. The Labute approximate surface area is 122 Å². The van der Waals surface area contributed by atoms with Crippen LogP contribution in [0.5, 0.6) is 0 Å². The zero-order valence-electron chi connectivity index (χ0n) is 10.7. The molecular formula is C15H15ClN2S. The highest BCUT2D eigenvalue weighted by Gasteiger charge is 2.13. The van der Waals surface area contributed by atoms with Gasteiger partial charge >= 0.3 is 0 Å². The number of rotatable bonds is 5. The van der Waals surface area contributed by atoms with E-state index in [1.165, 1.54) is 4.88 Å². The molecule has 0 saturated heterocycles. The predicted molar refractivity (Wildman–Crippen MR) is 81.8 cm³/mol. The van der Waals surface area contributed by atoms with Gasteiger partial charge in [-0.1, -0.05) is 31.0 Å². The summed E-state index contributed by atoms with van der Waals surface area (Å²) < 4.78 is 0. The summed E-state index contributed by atoms with van der Waals surface area (Å²) in [4.78, 5) is 1.28. The largest absolute Gasteiger partial charge is 0.376 e. The third-order valence-corrected chi connectivity index (χ3v) is 4.12. The number of nitrogens with one attached hydrogen (secondary N) is 1. The molecule has 1 heterocycles. The van der Waals surface area contributed by atoms with Gasteiger partial charge in [-0.3, -0.25) is 0 Å². The summed E-state index contributed by atoms with van der Waals surface area (Å²) in [5, 5.41) is 15.3. The van der Waals surface area contributed by atoms with Gasteiger partial charge in [0.05, 0.1) is 17.3 Å². The molecule has 0 fully saturated rings. The number of thiophene rings is 1. The Kier molecular flexibility index (Phi) is 4.84. The quantitative estimate of drug-likeness (QED) is 0.819. The number of hydrogen-bond donors (Lipinski definition) is 1. The smallest absolute Gasteiger partial charge is 0.101 e. The fourth-order valence-electron chi connectivity index (χ4n) is 1.98. The first-order valence-electron chi connectivity index (χ1n) is 6.24. The van der Waals surface area contributed by atoms with Crippen LogP contribution < -0.4 is 5.32 Å². The Bertz CT molecular complexity index is 572. The van der Waals surface area contributed by atoms with Crippen molar-refractivity contribution >= 4 is 28.6 Å². The van der Waals surface area contributed by atoms with E-state index < -0.39 is 0 Å². The summed E-state index contributed by atoms with van der Waals surface area (Å²) in [7, 11) is 0. The van der Waals surface area contributed by atoms with Crippen LogP contribution in [0.1, 0.15) is 36.2 Å². The van der Waals surface area contributed by atoms with Crippen molar-refractivity contribution < 1.29 is 0 Å². The van der Waals surface area contributed by atoms with Crippen molar-refractivity contribution in [2.24, 2.45) is 0 Å². The van der Waals surface area contributed by atoms with Gasteiger partial charge in [-0.05, 0) is 36.1 Å². The summed E-state index contributed by atoms with van der Waals surface area (Å²) in [6.07, 6.45) is 2.11. The maximum atomic E-state index is 9.15. The lowest BCUT2D eigenvalue weighted by atomic mass is 10.1. The van der Waals surface area contributed by atoms with E-state index in [0.29, 0.717) is 10.6 Å². The van der Waals surface area contributed by atoms with Crippen LogP contribution in [0.2, 0.25) is 5.02 Å². The third-order valence-electron chi connectivity index (χ3n) is 2.90. The van der Waals surface area contributed by atoms with E-state index in [1.54, 1.807) is 23.5 Å². The molecule has 1 atom stereocenters. The normalized spacial score (nSPS) is 11.8. The van der Waals surface area contributed by atoms with Crippen molar-refractivity contribution in [3.8, 4) is 6.07 Å². The molecule has 4 heteroatoms. The first-order chi connectivity index (χ1) is 9.24. The Morgan fingerprint density at radius 3 is 2.89 bits per heavy atom. The average molecular weight is 291 g/mol. The summed E-state index contributed by atoms with van der Waals surface area (Å²) in [6, 6.07) is 11.9. The number of anilines is 1. The van der Waals surface area contributed by atoms with Gasteiger partial charge in [-0.2, -0.15) is 5.26 Å². The number of nitriles is 1. The average Bonchev–Trinajstić information content (AvgIpc) is 2.92. The molecule has 0 saturated carbocycles. The summed E-state index contributed by atoms with van der Waals surface area (Å²) in [5.74, 6) is 0. The summed E-state index contributed by atoms with van der Waals surface area (Å²) >= 11 is 7.74. The van der Waals surface area contributed by atoms with Crippen LogP contribution in [0.3, 0.4) is 0 Å². The Balaban J connectivity index is 2.27. The van der Waals surface area contributed by atoms with E-state index in [9.17, 15) is 0 Å². The van der Waals surface area contributed by atoms with Gasteiger partial charge in [0.2, 0.25) is 0 Å². The molecule has 1 aromatic heterocycles. The van der Waals surface area contributed by atoms with Crippen LogP contribution >= 0.6 is 22.9 Å². The van der Waals surface area contributed by atoms with E-state index in [-0.39, 0.29) is 6.04 Å². The van der Waals surface area contributed by atoms with Crippen LogP contribution in [0.15, 0.2) is 35.7 Å². The molecule has 0 spiro atoms. The highest BCUT2D eigenvalue weighted by Crippen LogP contribution is 2.30. The maximum absolute atomic E-state index is 9.15. The number of benzene rings is 1. The van der Waals surface area contributed by atoms with Crippen LogP contribution in [-0.4, -0.2) is 0 Å². The molecule has 0 radical (unpaired) electrons. The predicted octanol–water partition coefficient (Wildman–Crippen LogP) is 5.23. The second-order valence-corrected chi connectivity index (χ2v) is 5.72. The fraction of sp³-hybridized carbons (Fsp3) is 0.267. The molecular weight excluding hydrogens is 276 g/mol. The van der Waals surface area contributed by atoms with Crippen LogP contribution in [-0.2, 0) is 0 Å². The van der Waals surface area contributed by atoms with Gasteiger partial charge in [0, 0.05) is 9.90 Å². The third kappa shape index (κ3) is 3.50. The number of halogens is 1. The molecule has 2 aromatic rings. The van der Waals surface area contributed by atoms with Gasteiger partial charge < -0.3 is 5.32 Å². The van der Waals surface area contributed by atoms with Gasteiger partial charge in [0.1, 0.15) is 6.07 Å². The molecule has 0 amide bonds. The van der Waals surface area contributed by atoms with Gasteiger partial charge in [-0.15, -0.1) is 11.3 Å². The van der Waals surface area contributed by atoms with Crippen LogP contribution in [0, 0.1) is 11.3 Å². The Morgan fingerprint density at radius 1 is 1.42 bits per heavy atom. The molecule has 2 rings (SSSR count). The zero-order valence-corrected chi connectivity index (χ0v) is 12.3. The van der Waals surface area contributed by atoms with Crippen LogP contribution in [0.4, 0.5) is 5.69 Å². The van der Waals surface area contributed by atoms with Crippen LogP contribution in [0.25, 0.3) is 0 Å². The number of hydrogen-bond acceptors (Lipinski definition) is 3. The minimum absolute atomic E-state index is 0.232. The summed E-state index contributed by atoms with van der Waals surface area (Å²) in [5.41, 5.74) is 1.43. The standard InChI is InChI=1S/C15H15ClN2S/c1-2-4-13(15-5-3-8-19-15)18-14-9-12(16)7-6-11(14)10-17/h3,5-9,13,18H,2,4H2,1H3. The van der Waals surface area contributed by atoms with Crippen molar-refractivity contribution in [3.63, 3.8) is 0 Å². The minimum Gasteiger partial charge on any atom is -0.376 e. The van der Waals surface area contributed by atoms with Gasteiger partial charge in [0.15, 0.2) is 0 Å². The molecule has 0 aliphatic heterocycles. The molecule has 19 heavy (non-hydrogen) atoms. The fourth-order valence-corrected chi connectivity index (χ4v) is 2.97. The lowest BCUT2D eigenvalue weighted by Gasteiger charge is -2.19. The van der Waals surface area contributed by atoms with E-state index in [2.05, 4.69) is 29.8 Å². The lowest BCUT2D eigenvalue weighted by Crippen LogP contribution is -2.10. The molecule has 98 valence electrons. The number of nitrogens with zero attached hydrogens (tertiary/aromatic N) is 1. The van der Waals surface area contributed by atoms with Crippen molar-refractivity contribution in [2.75, 3.05) is 5.32 Å². The first-order valence-corrected chi connectivity index (χ1v) is 7.50. The van der Waals surface area contributed by atoms with E-state index >= 15 is 0 Å².